The first kappa shape index (κ1) is 15.8. The van der Waals surface area contributed by atoms with Crippen LogP contribution < -0.4 is 0 Å². The monoisotopic (exact) mass is 414 g/mol. The molecular formula is C24H15BrS. The van der Waals surface area contributed by atoms with Crippen LogP contribution in [0, 0.1) is 0 Å². The van der Waals surface area contributed by atoms with Gasteiger partial charge in [-0.2, -0.15) is 0 Å². The minimum absolute atomic E-state index is 1.14. The van der Waals surface area contributed by atoms with Crippen LogP contribution in [-0.4, -0.2) is 0 Å². The van der Waals surface area contributed by atoms with Crippen LogP contribution in [0.25, 0.3) is 42.4 Å². The van der Waals surface area contributed by atoms with Gasteiger partial charge in [-0.3, -0.25) is 0 Å². The van der Waals surface area contributed by atoms with Crippen LogP contribution in [0.4, 0.5) is 0 Å². The van der Waals surface area contributed by atoms with Gasteiger partial charge < -0.3 is 0 Å². The summed E-state index contributed by atoms with van der Waals surface area (Å²) in [5.74, 6) is 0. The largest absolute Gasteiger partial charge is 0.135 e. The fraction of sp³-hybridized carbons (Fsp3) is 0. The molecule has 0 saturated heterocycles. The third-order valence-corrected chi connectivity index (χ3v) is 6.54. The van der Waals surface area contributed by atoms with E-state index in [9.17, 15) is 0 Å². The van der Waals surface area contributed by atoms with E-state index >= 15 is 0 Å². The van der Waals surface area contributed by atoms with Crippen LogP contribution in [0.1, 0.15) is 0 Å². The van der Waals surface area contributed by atoms with Crippen molar-refractivity contribution >= 4 is 48.1 Å². The first-order valence-electron chi connectivity index (χ1n) is 8.57. The maximum absolute atomic E-state index is 3.79. The molecule has 2 heteroatoms. The molecule has 1 aromatic heterocycles. The summed E-state index contributed by atoms with van der Waals surface area (Å²) in [6, 6.07) is 32.5. The van der Waals surface area contributed by atoms with Gasteiger partial charge in [0.1, 0.15) is 0 Å². The van der Waals surface area contributed by atoms with E-state index < -0.39 is 0 Å². The van der Waals surface area contributed by atoms with Crippen molar-refractivity contribution in [2.45, 2.75) is 0 Å². The van der Waals surface area contributed by atoms with E-state index in [-0.39, 0.29) is 0 Å². The summed E-state index contributed by atoms with van der Waals surface area (Å²) in [5.41, 5.74) is 3.82. The molecule has 0 radical (unpaired) electrons. The molecule has 26 heavy (non-hydrogen) atoms. The van der Waals surface area contributed by atoms with Crippen molar-refractivity contribution in [3.8, 4) is 21.6 Å². The fourth-order valence-electron chi connectivity index (χ4n) is 3.55. The second kappa shape index (κ2) is 6.39. The van der Waals surface area contributed by atoms with Gasteiger partial charge in [0.15, 0.2) is 0 Å². The summed E-state index contributed by atoms with van der Waals surface area (Å²) in [6.45, 7) is 0. The minimum Gasteiger partial charge on any atom is -0.135 e. The number of fused-ring (bicyclic) bond motifs is 2. The number of hydrogen-bond donors (Lipinski definition) is 0. The van der Waals surface area contributed by atoms with Gasteiger partial charge in [0.25, 0.3) is 0 Å². The van der Waals surface area contributed by atoms with Crippen LogP contribution in [0.3, 0.4) is 0 Å². The Kier molecular flexibility index (Phi) is 3.88. The molecule has 0 saturated carbocycles. The average molecular weight is 415 g/mol. The molecule has 0 bridgehead atoms. The predicted molar refractivity (Wildman–Crippen MR) is 118 cm³/mol. The van der Waals surface area contributed by atoms with Gasteiger partial charge in [0.05, 0.1) is 0 Å². The van der Waals surface area contributed by atoms with Gasteiger partial charge in [-0.1, -0.05) is 88.7 Å². The number of thiophene rings is 1. The van der Waals surface area contributed by atoms with E-state index in [4.69, 9.17) is 0 Å². The maximum Gasteiger partial charge on any atom is 0.0367 e. The molecule has 0 N–H and O–H groups in total. The highest BCUT2D eigenvalue weighted by Gasteiger charge is 2.16. The molecule has 0 spiro atoms. The summed E-state index contributed by atoms with van der Waals surface area (Å²) < 4.78 is 2.46. The third kappa shape index (κ3) is 2.57. The quantitative estimate of drug-likeness (QED) is 0.273. The Labute approximate surface area is 164 Å². The Morgan fingerprint density at radius 3 is 2.15 bits per heavy atom. The van der Waals surface area contributed by atoms with E-state index in [1.54, 1.807) is 0 Å². The molecular weight excluding hydrogens is 400 g/mol. The molecule has 5 rings (SSSR count). The zero-order valence-corrected chi connectivity index (χ0v) is 16.3. The molecule has 0 atom stereocenters. The lowest BCUT2D eigenvalue weighted by Crippen LogP contribution is -1.87. The lowest BCUT2D eigenvalue weighted by molar-refractivity contribution is 1.62. The highest BCUT2D eigenvalue weighted by Crippen LogP contribution is 2.45. The van der Waals surface area contributed by atoms with Crippen molar-refractivity contribution in [1.29, 1.82) is 0 Å². The molecule has 0 fully saturated rings. The molecule has 5 aromatic rings. The van der Waals surface area contributed by atoms with Crippen LogP contribution in [0.2, 0.25) is 0 Å². The highest BCUT2D eigenvalue weighted by molar-refractivity contribution is 9.10. The van der Waals surface area contributed by atoms with E-state index in [1.165, 1.54) is 42.4 Å². The normalized spacial score (nSPS) is 11.3. The van der Waals surface area contributed by atoms with Crippen molar-refractivity contribution in [2.75, 3.05) is 0 Å². The van der Waals surface area contributed by atoms with Crippen LogP contribution in [0.15, 0.2) is 95.5 Å². The molecule has 0 aliphatic rings. The molecule has 0 unspecified atom stereocenters. The van der Waals surface area contributed by atoms with Gasteiger partial charge >= 0.3 is 0 Å². The maximum atomic E-state index is 3.79. The van der Waals surface area contributed by atoms with Crippen LogP contribution in [-0.2, 0) is 0 Å². The molecule has 0 aliphatic heterocycles. The Morgan fingerprint density at radius 2 is 1.35 bits per heavy atom. The highest BCUT2D eigenvalue weighted by atomic mass is 79.9. The standard InChI is InChI=1S/C24H15BrS/c25-21-15-20(16-8-2-1-3-9-16)24(19-12-6-5-11-18(19)21)23-14-17-10-4-7-13-22(17)26-23/h1-15H. The van der Waals surface area contributed by atoms with E-state index in [0.29, 0.717) is 0 Å². The summed E-state index contributed by atoms with van der Waals surface area (Å²) in [7, 11) is 0. The van der Waals surface area contributed by atoms with Crippen molar-refractivity contribution in [2.24, 2.45) is 0 Å². The van der Waals surface area contributed by atoms with Crippen molar-refractivity contribution < 1.29 is 0 Å². The second-order valence-electron chi connectivity index (χ2n) is 6.34. The Hall–Kier alpha value is -2.42. The van der Waals surface area contributed by atoms with Crippen LogP contribution >= 0.6 is 27.3 Å². The van der Waals surface area contributed by atoms with Gasteiger partial charge in [-0.05, 0) is 45.5 Å². The zero-order chi connectivity index (χ0) is 17.5. The molecule has 0 aliphatic carbocycles. The summed E-state index contributed by atoms with van der Waals surface area (Å²) >= 11 is 5.65. The fourth-order valence-corrected chi connectivity index (χ4v) is 5.26. The molecule has 0 nitrogen and oxygen atoms in total. The number of rotatable bonds is 2. The van der Waals surface area contributed by atoms with Gasteiger partial charge in [-0.25, -0.2) is 0 Å². The minimum atomic E-state index is 1.14. The first-order valence-corrected chi connectivity index (χ1v) is 10.2. The Bertz CT molecular complexity index is 1200. The van der Waals surface area contributed by atoms with Gasteiger partial charge in [0.2, 0.25) is 0 Å². The van der Waals surface area contributed by atoms with Crippen molar-refractivity contribution in [3.05, 3.63) is 95.5 Å². The molecule has 1 heterocycles. The van der Waals surface area contributed by atoms with E-state index in [2.05, 4.69) is 107 Å². The summed E-state index contributed by atoms with van der Waals surface area (Å²) in [4.78, 5) is 1.31. The third-order valence-electron chi connectivity index (χ3n) is 4.75. The van der Waals surface area contributed by atoms with E-state index in [0.717, 1.165) is 4.47 Å². The van der Waals surface area contributed by atoms with Gasteiger partial charge in [-0.15, -0.1) is 11.3 Å². The summed E-state index contributed by atoms with van der Waals surface area (Å²) in [5, 5.41) is 3.84. The Morgan fingerprint density at radius 1 is 0.654 bits per heavy atom. The summed E-state index contributed by atoms with van der Waals surface area (Å²) in [6.07, 6.45) is 0. The topological polar surface area (TPSA) is 0 Å². The SMILES string of the molecule is Brc1cc(-c2ccccc2)c(-c2cc3ccccc3s2)c2ccccc12. The lowest BCUT2D eigenvalue weighted by Gasteiger charge is -2.14. The molecule has 124 valence electrons. The molecule has 4 aromatic carbocycles. The van der Waals surface area contributed by atoms with Crippen molar-refractivity contribution in [1.82, 2.24) is 0 Å². The van der Waals surface area contributed by atoms with Gasteiger partial charge in [0, 0.05) is 19.6 Å². The number of hydrogen-bond acceptors (Lipinski definition) is 1. The smallest absolute Gasteiger partial charge is 0.0367 e. The lowest BCUT2D eigenvalue weighted by atomic mass is 9.93. The van der Waals surface area contributed by atoms with Crippen molar-refractivity contribution in [3.63, 3.8) is 0 Å². The first-order chi connectivity index (χ1) is 12.8. The zero-order valence-electron chi connectivity index (χ0n) is 13.9. The predicted octanol–water partition coefficient (Wildman–Crippen LogP) is 8.15. The molecule has 0 amide bonds. The number of benzene rings is 4. The average Bonchev–Trinajstić information content (AvgIpc) is 3.12. The number of halogens is 1. The van der Waals surface area contributed by atoms with E-state index in [1.807, 2.05) is 11.3 Å². The second-order valence-corrected chi connectivity index (χ2v) is 8.28. The van der Waals surface area contributed by atoms with Crippen LogP contribution in [0.5, 0.6) is 0 Å². The Balaban J connectivity index is 1.91.